The van der Waals surface area contributed by atoms with Crippen LogP contribution in [0, 0.1) is 5.41 Å². The van der Waals surface area contributed by atoms with E-state index in [9.17, 15) is 5.11 Å². The molecule has 16 heavy (non-hydrogen) atoms. The van der Waals surface area contributed by atoms with Gasteiger partial charge in [0.05, 0.1) is 6.10 Å². The first-order chi connectivity index (χ1) is 7.50. The largest absolute Gasteiger partial charge is 0.392 e. The van der Waals surface area contributed by atoms with Gasteiger partial charge in [0.25, 0.3) is 0 Å². The summed E-state index contributed by atoms with van der Waals surface area (Å²) in [7, 11) is 0. The van der Waals surface area contributed by atoms with Gasteiger partial charge in [-0.15, -0.1) is 0 Å². The predicted octanol–water partition coefficient (Wildman–Crippen LogP) is 2.41. The van der Waals surface area contributed by atoms with Crippen molar-refractivity contribution in [1.82, 2.24) is 5.32 Å². The Morgan fingerprint density at radius 2 is 1.94 bits per heavy atom. The Hall–Kier alpha value is 0.270. The number of thioether (sulfide) groups is 1. The summed E-state index contributed by atoms with van der Waals surface area (Å²) in [6.45, 7) is 5.45. The highest BCUT2D eigenvalue weighted by atomic mass is 32.2. The first-order valence-corrected chi connectivity index (χ1v) is 7.69. The normalized spacial score (nSPS) is 36.0. The zero-order valence-corrected chi connectivity index (χ0v) is 11.6. The summed E-state index contributed by atoms with van der Waals surface area (Å²) in [4.78, 5) is 0. The average molecular weight is 243 g/mol. The molecule has 2 fully saturated rings. The van der Waals surface area contributed by atoms with Gasteiger partial charge in [-0.3, -0.25) is 0 Å². The first kappa shape index (κ1) is 12.7. The van der Waals surface area contributed by atoms with Crippen LogP contribution < -0.4 is 5.32 Å². The third-order valence-electron chi connectivity index (χ3n) is 4.83. The fraction of sp³-hybridized carbons (Fsp3) is 1.00. The van der Waals surface area contributed by atoms with Gasteiger partial charge in [0.1, 0.15) is 0 Å². The Bertz CT molecular complexity index is 248. The minimum atomic E-state index is -0.112. The molecule has 0 aromatic rings. The average Bonchev–Trinajstić information content (AvgIpc) is 2.73. The molecule has 2 rings (SSSR count). The highest BCUT2D eigenvalue weighted by molar-refractivity contribution is 8.00. The lowest BCUT2D eigenvalue weighted by Gasteiger charge is -2.50. The number of aliphatic hydroxyl groups is 1. The molecule has 0 amide bonds. The molecular weight excluding hydrogens is 218 g/mol. The van der Waals surface area contributed by atoms with Gasteiger partial charge in [-0.05, 0) is 25.5 Å². The van der Waals surface area contributed by atoms with Crippen LogP contribution in [0.1, 0.15) is 46.0 Å². The maximum Gasteiger partial charge on any atom is 0.0621 e. The monoisotopic (exact) mass is 243 g/mol. The molecular formula is C13H25NOS. The first-order valence-electron chi connectivity index (χ1n) is 6.47. The molecule has 0 radical (unpaired) electrons. The molecule has 2 unspecified atom stereocenters. The fourth-order valence-corrected chi connectivity index (χ4v) is 3.96. The minimum absolute atomic E-state index is 0.0677. The molecule has 2 atom stereocenters. The van der Waals surface area contributed by atoms with E-state index < -0.39 is 0 Å². The van der Waals surface area contributed by atoms with Crippen molar-refractivity contribution in [3.05, 3.63) is 0 Å². The van der Waals surface area contributed by atoms with Gasteiger partial charge in [0.2, 0.25) is 0 Å². The third kappa shape index (κ3) is 2.14. The van der Waals surface area contributed by atoms with Crippen molar-refractivity contribution in [3.8, 4) is 0 Å². The maximum atomic E-state index is 9.71. The van der Waals surface area contributed by atoms with Crippen LogP contribution in [0.4, 0.5) is 0 Å². The van der Waals surface area contributed by atoms with E-state index in [1.807, 2.05) is 11.8 Å². The molecule has 2 saturated carbocycles. The van der Waals surface area contributed by atoms with Crippen LogP contribution in [0.3, 0.4) is 0 Å². The summed E-state index contributed by atoms with van der Waals surface area (Å²) < 4.78 is 0.483. The molecule has 2 aliphatic carbocycles. The van der Waals surface area contributed by atoms with Gasteiger partial charge >= 0.3 is 0 Å². The Balaban J connectivity index is 1.83. The molecule has 94 valence electrons. The van der Waals surface area contributed by atoms with Crippen molar-refractivity contribution >= 4 is 11.8 Å². The standard InChI is InChI=1S/C13H25NOS/c1-12(2)10(8-11(12)15)14-9-13(16-3)6-4-5-7-13/h10-11,14-15H,4-9H2,1-3H3. The van der Waals surface area contributed by atoms with Crippen LogP contribution >= 0.6 is 11.8 Å². The summed E-state index contributed by atoms with van der Waals surface area (Å²) >= 11 is 2.03. The Morgan fingerprint density at radius 1 is 1.31 bits per heavy atom. The number of rotatable bonds is 4. The zero-order chi connectivity index (χ0) is 11.8. The van der Waals surface area contributed by atoms with Crippen LogP contribution in [0.25, 0.3) is 0 Å². The van der Waals surface area contributed by atoms with Crippen LogP contribution in [0.5, 0.6) is 0 Å². The van der Waals surface area contributed by atoms with Gasteiger partial charge in [-0.25, -0.2) is 0 Å². The molecule has 2 nitrogen and oxygen atoms in total. The molecule has 0 bridgehead atoms. The van der Waals surface area contributed by atoms with E-state index in [2.05, 4.69) is 25.4 Å². The summed E-state index contributed by atoms with van der Waals surface area (Å²) in [5, 5.41) is 13.4. The number of hydrogen-bond donors (Lipinski definition) is 2. The Morgan fingerprint density at radius 3 is 2.38 bits per heavy atom. The van der Waals surface area contributed by atoms with E-state index in [0.717, 1.165) is 13.0 Å². The lowest BCUT2D eigenvalue weighted by molar-refractivity contribution is -0.0728. The molecule has 0 saturated heterocycles. The van der Waals surface area contributed by atoms with E-state index in [1.165, 1.54) is 25.7 Å². The second-order valence-electron chi connectivity index (χ2n) is 6.10. The second kappa shape index (κ2) is 4.51. The summed E-state index contributed by atoms with van der Waals surface area (Å²) in [5.41, 5.74) is 0.0677. The molecule has 2 N–H and O–H groups in total. The lowest BCUT2D eigenvalue weighted by Crippen LogP contribution is -2.61. The van der Waals surface area contributed by atoms with Crippen molar-refractivity contribution in [1.29, 1.82) is 0 Å². The third-order valence-corrected chi connectivity index (χ3v) is 6.25. The Labute approximate surface area is 104 Å². The van der Waals surface area contributed by atoms with Crippen LogP contribution in [0.2, 0.25) is 0 Å². The number of aliphatic hydroxyl groups excluding tert-OH is 1. The fourth-order valence-electron chi connectivity index (χ4n) is 3.03. The quantitative estimate of drug-likeness (QED) is 0.795. The maximum absolute atomic E-state index is 9.71. The van der Waals surface area contributed by atoms with E-state index in [-0.39, 0.29) is 11.5 Å². The summed E-state index contributed by atoms with van der Waals surface area (Å²) in [6, 6.07) is 0.507. The molecule has 0 aromatic heterocycles. The number of nitrogens with one attached hydrogen (secondary N) is 1. The molecule has 0 aliphatic heterocycles. The zero-order valence-electron chi connectivity index (χ0n) is 10.8. The number of hydrogen-bond acceptors (Lipinski definition) is 3. The van der Waals surface area contributed by atoms with Crippen molar-refractivity contribution in [2.75, 3.05) is 12.8 Å². The van der Waals surface area contributed by atoms with Crippen molar-refractivity contribution in [2.45, 2.75) is 62.8 Å². The second-order valence-corrected chi connectivity index (χ2v) is 7.37. The molecule has 0 heterocycles. The molecule has 2 aliphatic rings. The van der Waals surface area contributed by atoms with E-state index in [0.29, 0.717) is 10.8 Å². The van der Waals surface area contributed by atoms with Crippen molar-refractivity contribution in [2.24, 2.45) is 5.41 Å². The highest BCUT2D eigenvalue weighted by Gasteiger charge is 2.47. The van der Waals surface area contributed by atoms with E-state index >= 15 is 0 Å². The van der Waals surface area contributed by atoms with Gasteiger partial charge < -0.3 is 10.4 Å². The molecule has 3 heteroatoms. The minimum Gasteiger partial charge on any atom is -0.392 e. The summed E-state index contributed by atoms with van der Waals surface area (Å²) in [5.74, 6) is 0. The van der Waals surface area contributed by atoms with E-state index in [4.69, 9.17) is 0 Å². The van der Waals surface area contributed by atoms with E-state index in [1.54, 1.807) is 0 Å². The van der Waals surface area contributed by atoms with Gasteiger partial charge in [-0.2, -0.15) is 11.8 Å². The smallest absolute Gasteiger partial charge is 0.0621 e. The summed E-state index contributed by atoms with van der Waals surface area (Å²) in [6.07, 6.45) is 8.55. The predicted molar refractivity (Wildman–Crippen MR) is 70.9 cm³/mol. The topological polar surface area (TPSA) is 32.3 Å². The highest BCUT2D eigenvalue weighted by Crippen LogP contribution is 2.43. The van der Waals surface area contributed by atoms with Crippen molar-refractivity contribution in [3.63, 3.8) is 0 Å². The lowest BCUT2D eigenvalue weighted by atomic mass is 9.64. The van der Waals surface area contributed by atoms with Gasteiger partial charge in [-0.1, -0.05) is 26.7 Å². The van der Waals surface area contributed by atoms with Gasteiger partial charge in [0, 0.05) is 22.7 Å². The SMILES string of the molecule is CSC1(CNC2CC(O)C2(C)C)CCCC1. The van der Waals surface area contributed by atoms with Crippen molar-refractivity contribution < 1.29 is 5.11 Å². The van der Waals surface area contributed by atoms with Crippen LogP contribution in [-0.4, -0.2) is 34.8 Å². The van der Waals surface area contributed by atoms with Gasteiger partial charge in [0.15, 0.2) is 0 Å². The molecule has 0 spiro atoms. The van der Waals surface area contributed by atoms with Crippen LogP contribution in [0.15, 0.2) is 0 Å². The molecule has 0 aromatic carbocycles. The Kier molecular flexibility index (Phi) is 3.58. The van der Waals surface area contributed by atoms with Crippen LogP contribution in [-0.2, 0) is 0 Å².